The van der Waals surface area contributed by atoms with Crippen LogP contribution in [-0.4, -0.2) is 58.9 Å². The van der Waals surface area contributed by atoms with Crippen molar-refractivity contribution in [1.82, 2.24) is 19.8 Å². The second-order valence-corrected chi connectivity index (χ2v) is 5.73. The van der Waals surface area contributed by atoms with E-state index in [0.29, 0.717) is 12.1 Å². The van der Waals surface area contributed by atoms with Gasteiger partial charge in [0.05, 0.1) is 23.5 Å². The summed E-state index contributed by atoms with van der Waals surface area (Å²) < 4.78 is 0. The van der Waals surface area contributed by atoms with Gasteiger partial charge >= 0.3 is 0 Å². The van der Waals surface area contributed by atoms with Crippen molar-refractivity contribution in [2.75, 3.05) is 38.5 Å². The van der Waals surface area contributed by atoms with Gasteiger partial charge in [0.1, 0.15) is 0 Å². The molecule has 0 bridgehead atoms. The maximum atomic E-state index is 12.6. The second-order valence-electron chi connectivity index (χ2n) is 5.73. The minimum Gasteiger partial charge on any atom is -0.378 e. The lowest BCUT2D eigenvalue weighted by molar-refractivity contribution is 0.0663. The third kappa shape index (κ3) is 4.04. The molecule has 23 heavy (non-hydrogen) atoms. The van der Waals surface area contributed by atoms with Gasteiger partial charge in [-0.3, -0.25) is 14.8 Å². The highest BCUT2D eigenvalue weighted by Gasteiger charge is 2.20. The van der Waals surface area contributed by atoms with Gasteiger partial charge in [0.25, 0.3) is 5.91 Å². The Bertz CT molecular complexity index is 653. The van der Waals surface area contributed by atoms with Gasteiger partial charge in [-0.1, -0.05) is 6.07 Å². The van der Waals surface area contributed by atoms with Crippen LogP contribution in [0.3, 0.4) is 0 Å². The molecule has 0 spiro atoms. The third-order valence-corrected chi connectivity index (χ3v) is 3.98. The zero-order chi connectivity index (χ0) is 16.1. The summed E-state index contributed by atoms with van der Waals surface area (Å²) in [6.07, 6.45) is 5.12. The van der Waals surface area contributed by atoms with Crippen LogP contribution in [0.2, 0.25) is 0 Å². The highest BCUT2D eigenvalue weighted by atomic mass is 16.2. The fourth-order valence-electron chi connectivity index (χ4n) is 2.54. The first-order valence-electron chi connectivity index (χ1n) is 7.79. The molecule has 3 heterocycles. The molecule has 1 N–H and O–H groups in total. The Kier molecular flexibility index (Phi) is 4.83. The van der Waals surface area contributed by atoms with E-state index in [-0.39, 0.29) is 5.91 Å². The molecule has 1 aliphatic heterocycles. The molecule has 1 amide bonds. The SMILES string of the molecule is CN1CCN(C(=O)c2cncc(NCc3ccccn3)c2)CC1. The first-order chi connectivity index (χ1) is 11.2. The van der Waals surface area contributed by atoms with Crippen LogP contribution in [0.5, 0.6) is 0 Å². The number of nitrogens with zero attached hydrogens (tertiary/aromatic N) is 4. The van der Waals surface area contributed by atoms with Gasteiger partial charge in [0.2, 0.25) is 0 Å². The van der Waals surface area contributed by atoms with Crippen molar-refractivity contribution in [3.8, 4) is 0 Å². The fraction of sp³-hybridized carbons (Fsp3) is 0.353. The number of pyridine rings is 2. The summed E-state index contributed by atoms with van der Waals surface area (Å²) in [5.74, 6) is 0.0482. The largest absolute Gasteiger partial charge is 0.378 e. The molecule has 1 saturated heterocycles. The number of rotatable bonds is 4. The molecule has 1 aliphatic rings. The number of carbonyl (C=O) groups excluding carboxylic acids is 1. The minimum absolute atomic E-state index is 0.0482. The van der Waals surface area contributed by atoms with Gasteiger partial charge in [0.15, 0.2) is 0 Å². The summed E-state index contributed by atoms with van der Waals surface area (Å²) in [6, 6.07) is 7.66. The highest BCUT2D eigenvalue weighted by Crippen LogP contribution is 2.13. The number of nitrogens with one attached hydrogen (secondary N) is 1. The number of aromatic nitrogens is 2. The normalized spacial score (nSPS) is 15.4. The van der Waals surface area contributed by atoms with E-state index in [1.807, 2.05) is 29.2 Å². The number of piperazine rings is 1. The van der Waals surface area contributed by atoms with Crippen molar-refractivity contribution in [2.45, 2.75) is 6.54 Å². The maximum absolute atomic E-state index is 12.6. The molecule has 3 rings (SSSR count). The Labute approximate surface area is 136 Å². The molecule has 120 valence electrons. The van der Waals surface area contributed by atoms with Crippen molar-refractivity contribution >= 4 is 11.6 Å². The Balaban J connectivity index is 1.64. The fourth-order valence-corrected chi connectivity index (χ4v) is 2.54. The van der Waals surface area contributed by atoms with Crippen LogP contribution in [-0.2, 0) is 6.54 Å². The minimum atomic E-state index is 0.0482. The zero-order valence-corrected chi connectivity index (χ0v) is 13.3. The summed E-state index contributed by atoms with van der Waals surface area (Å²) in [5, 5.41) is 3.26. The van der Waals surface area contributed by atoms with E-state index in [0.717, 1.165) is 37.6 Å². The first kappa shape index (κ1) is 15.4. The number of hydrogen-bond donors (Lipinski definition) is 1. The lowest BCUT2D eigenvalue weighted by Crippen LogP contribution is -2.47. The number of anilines is 1. The summed E-state index contributed by atoms with van der Waals surface area (Å²) in [5.41, 5.74) is 2.40. The topological polar surface area (TPSA) is 61.4 Å². The van der Waals surface area contributed by atoms with Crippen LogP contribution >= 0.6 is 0 Å². The van der Waals surface area contributed by atoms with E-state index < -0.39 is 0 Å². The predicted octanol–water partition coefficient (Wildman–Crippen LogP) is 1.48. The average Bonchev–Trinajstić information content (AvgIpc) is 2.61. The molecule has 1 fully saturated rings. The summed E-state index contributed by atoms with van der Waals surface area (Å²) >= 11 is 0. The van der Waals surface area contributed by atoms with E-state index in [9.17, 15) is 4.79 Å². The van der Waals surface area contributed by atoms with Crippen molar-refractivity contribution in [2.24, 2.45) is 0 Å². The number of hydrogen-bond acceptors (Lipinski definition) is 5. The Morgan fingerprint density at radius 3 is 2.78 bits per heavy atom. The van der Waals surface area contributed by atoms with E-state index in [4.69, 9.17) is 0 Å². The number of likely N-dealkylation sites (N-methyl/N-ethyl adjacent to an activating group) is 1. The lowest BCUT2D eigenvalue weighted by atomic mass is 10.2. The smallest absolute Gasteiger partial charge is 0.255 e. The summed E-state index contributed by atoms with van der Waals surface area (Å²) in [4.78, 5) is 25.1. The van der Waals surface area contributed by atoms with Gasteiger partial charge in [0, 0.05) is 44.8 Å². The van der Waals surface area contributed by atoms with Crippen LogP contribution in [0.15, 0.2) is 42.9 Å². The van der Waals surface area contributed by atoms with E-state index >= 15 is 0 Å². The molecule has 0 atom stereocenters. The third-order valence-electron chi connectivity index (χ3n) is 3.98. The van der Waals surface area contributed by atoms with Crippen LogP contribution in [0, 0.1) is 0 Å². The second kappa shape index (κ2) is 7.19. The van der Waals surface area contributed by atoms with E-state index in [2.05, 4.69) is 27.2 Å². The van der Waals surface area contributed by atoms with Gasteiger partial charge in [-0.2, -0.15) is 0 Å². The molecule has 0 saturated carbocycles. The molecule has 0 radical (unpaired) electrons. The molecule has 2 aromatic rings. The van der Waals surface area contributed by atoms with Gasteiger partial charge in [-0.05, 0) is 25.2 Å². The number of carbonyl (C=O) groups is 1. The first-order valence-corrected chi connectivity index (χ1v) is 7.79. The van der Waals surface area contributed by atoms with Gasteiger partial charge < -0.3 is 15.1 Å². The van der Waals surface area contributed by atoms with E-state index in [1.165, 1.54) is 0 Å². The maximum Gasteiger partial charge on any atom is 0.255 e. The standard InChI is InChI=1S/C17H21N5O/c1-21-6-8-22(9-7-21)17(23)14-10-16(12-18-11-14)20-13-15-4-2-3-5-19-15/h2-5,10-12,20H,6-9,13H2,1H3. The monoisotopic (exact) mass is 311 g/mol. The van der Waals surface area contributed by atoms with Gasteiger partial charge in [-0.25, -0.2) is 0 Å². The van der Waals surface area contributed by atoms with Crippen LogP contribution < -0.4 is 5.32 Å². The van der Waals surface area contributed by atoms with Crippen LogP contribution in [0.25, 0.3) is 0 Å². The summed E-state index contributed by atoms with van der Waals surface area (Å²) in [6.45, 7) is 3.96. The Hall–Kier alpha value is -2.47. The number of amides is 1. The molecule has 0 aromatic carbocycles. The molecule has 6 nitrogen and oxygen atoms in total. The molecule has 6 heteroatoms. The predicted molar refractivity (Wildman–Crippen MR) is 89.2 cm³/mol. The molecular weight excluding hydrogens is 290 g/mol. The van der Waals surface area contributed by atoms with Crippen molar-refractivity contribution in [3.05, 3.63) is 54.1 Å². The molecular formula is C17H21N5O. The van der Waals surface area contributed by atoms with Crippen molar-refractivity contribution in [3.63, 3.8) is 0 Å². The zero-order valence-electron chi connectivity index (χ0n) is 13.3. The molecule has 0 aliphatic carbocycles. The molecule has 2 aromatic heterocycles. The quantitative estimate of drug-likeness (QED) is 0.926. The Morgan fingerprint density at radius 2 is 2.04 bits per heavy atom. The Morgan fingerprint density at radius 1 is 1.22 bits per heavy atom. The summed E-state index contributed by atoms with van der Waals surface area (Å²) in [7, 11) is 2.07. The van der Waals surface area contributed by atoms with E-state index in [1.54, 1.807) is 18.6 Å². The lowest BCUT2D eigenvalue weighted by Gasteiger charge is -2.32. The molecule has 0 unspecified atom stereocenters. The average molecular weight is 311 g/mol. The van der Waals surface area contributed by atoms with Gasteiger partial charge in [-0.15, -0.1) is 0 Å². The van der Waals surface area contributed by atoms with Crippen molar-refractivity contribution in [1.29, 1.82) is 0 Å². The van der Waals surface area contributed by atoms with Crippen LogP contribution in [0.1, 0.15) is 16.1 Å². The van der Waals surface area contributed by atoms with Crippen molar-refractivity contribution < 1.29 is 4.79 Å². The van der Waals surface area contributed by atoms with Crippen LogP contribution in [0.4, 0.5) is 5.69 Å². The highest BCUT2D eigenvalue weighted by molar-refractivity contribution is 5.94.